The van der Waals surface area contributed by atoms with Gasteiger partial charge in [-0.05, 0) is 41.5 Å². The fourth-order valence-corrected chi connectivity index (χ4v) is 2.92. The fraction of sp³-hybridized carbons (Fsp3) is 0.0476. The lowest BCUT2D eigenvalue weighted by atomic mass is 10.1. The molecule has 7 nitrogen and oxygen atoms in total. The third-order valence-electron chi connectivity index (χ3n) is 4.24. The second-order valence-corrected chi connectivity index (χ2v) is 6.74. The summed E-state index contributed by atoms with van der Waals surface area (Å²) in [6.45, 7) is 0. The molecule has 0 aliphatic heterocycles. The molecule has 0 aliphatic carbocycles. The first-order valence-electron chi connectivity index (χ1n) is 8.61. The summed E-state index contributed by atoms with van der Waals surface area (Å²) in [6.07, 6.45) is 1.84. The first kappa shape index (κ1) is 18.6. The fourth-order valence-electron chi connectivity index (χ4n) is 2.79. The van der Waals surface area contributed by atoms with Gasteiger partial charge in [0.2, 0.25) is 0 Å². The maximum Gasteiger partial charge on any atom is 0.270 e. The maximum atomic E-state index is 11.9. The molecule has 0 saturated carbocycles. The summed E-state index contributed by atoms with van der Waals surface area (Å²) >= 11 is 5.90. The maximum absolute atomic E-state index is 11.9. The van der Waals surface area contributed by atoms with Crippen molar-refractivity contribution in [2.24, 2.45) is 4.99 Å². The van der Waals surface area contributed by atoms with Gasteiger partial charge in [0.1, 0.15) is 5.52 Å². The third kappa shape index (κ3) is 4.25. The number of nitro benzene ring substituents is 1. The molecule has 4 aromatic rings. The molecule has 0 spiro atoms. The Morgan fingerprint density at radius 2 is 1.90 bits per heavy atom. The van der Waals surface area contributed by atoms with E-state index < -0.39 is 4.92 Å². The van der Waals surface area contributed by atoms with Crippen molar-refractivity contribution in [3.63, 3.8) is 0 Å². The summed E-state index contributed by atoms with van der Waals surface area (Å²) in [4.78, 5) is 19.0. The number of hydrogen-bond donors (Lipinski definition) is 0. The molecule has 0 amide bonds. The molecule has 8 heteroatoms. The van der Waals surface area contributed by atoms with Gasteiger partial charge in [0, 0.05) is 29.8 Å². The van der Waals surface area contributed by atoms with Gasteiger partial charge in [-0.25, -0.2) is 4.98 Å². The number of halogens is 1. The van der Waals surface area contributed by atoms with Crippen LogP contribution in [0.5, 0.6) is 5.75 Å². The van der Waals surface area contributed by atoms with Gasteiger partial charge in [0.05, 0.1) is 10.6 Å². The van der Waals surface area contributed by atoms with Crippen molar-refractivity contribution in [3.8, 4) is 5.75 Å². The zero-order valence-corrected chi connectivity index (χ0v) is 15.7. The summed E-state index contributed by atoms with van der Waals surface area (Å²) in [5.74, 6) is 0.219. The number of fused-ring (bicyclic) bond motifs is 1. The Hall–Kier alpha value is -3.71. The number of aliphatic imine (C=N–C) groups is 1. The Morgan fingerprint density at radius 1 is 1.10 bits per heavy atom. The molecule has 1 aromatic heterocycles. The van der Waals surface area contributed by atoms with Crippen molar-refractivity contribution in [2.45, 2.75) is 6.42 Å². The lowest BCUT2D eigenvalue weighted by Crippen LogP contribution is -1.98. The molecule has 1 heterocycles. The molecule has 0 bridgehead atoms. The predicted octanol–water partition coefficient (Wildman–Crippen LogP) is 4.80. The molecule has 0 saturated heterocycles. The smallest absolute Gasteiger partial charge is 0.270 e. The van der Waals surface area contributed by atoms with Crippen molar-refractivity contribution in [2.75, 3.05) is 0 Å². The van der Waals surface area contributed by atoms with E-state index in [0.29, 0.717) is 34.1 Å². The first-order chi connectivity index (χ1) is 14.0. The van der Waals surface area contributed by atoms with Crippen molar-refractivity contribution in [1.29, 1.82) is 0 Å². The van der Waals surface area contributed by atoms with Gasteiger partial charge < -0.3 is 9.52 Å². The number of rotatable bonds is 5. The van der Waals surface area contributed by atoms with Crippen LogP contribution >= 0.6 is 11.6 Å². The highest BCUT2D eigenvalue weighted by Gasteiger charge is 2.08. The molecule has 0 aliphatic rings. The van der Waals surface area contributed by atoms with Crippen molar-refractivity contribution >= 4 is 40.3 Å². The zero-order chi connectivity index (χ0) is 20.4. The van der Waals surface area contributed by atoms with E-state index in [4.69, 9.17) is 16.0 Å². The summed E-state index contributed by atoms with van der Waals surface area (Å²) in [5.41, 5.74) is 2.80. The Bertz CT molecular complexity index is 1230. The number of oxazole rings is 1. The van der Waals surface area contributed by atoms with Gasteiger partial charge in [-0.2, -0.15) is 0 Å². The molecule has 4 rings (SSSR count). The number of benzene rings is 3. The SMILES string of the molecule is O=[N+]([O-])c1ccc([O-])c(C=Nc2ccc3oc(Cc4ccc(Cl)cc4)nc3c2)c1. The monoisotopic (exact) mass is 406 g/mol. The lowest BCUT2D eigenvalue weighted by molar-refractivity contribution is -0.385. The van der Waals surface area contributed by atoms with E-state index in [1.807, 2.05) is 24.3 Å². The summed E-state index contributed by atoms with van der Waals surface area (Å²) < 4.78 is 5.76. The quantitative estimate of drug-likeness (QED) is 0.269. The van der Waals surface area contributed by atoms with E-state index in [2.05, 4.69) is 9.98 Å². The van der Waals surface area contributed by atoms with Crippen LogP contribution < -0.4 is 5.11 Å². The van der Waals surface area contributed by atoms with Crippen LogP contribution in [0.3, 0.4) is 0 Å². The molecular formula is C21H13ClN3O4-. The largest absolute Gasteiger partial charge is 0.872 e. The normalized spacial score (nSPS) is 11.3. The van der Waals surface area contributed by atoms with E-state index >= 15 is 0 Å². The number of non-ortho nitro benzene ring substituents is 1. The highest BCUT2D eigenvalue weighted by atomic mass is 35.5. The van der Waals surface area contributed by atoms with Gasteiger partial charge in [-0.15, -0.1) is 0 Å². The topological polar surface area (TPSA) is 105 Å². The molecular weight excluding hydrogens is 394 g/mol. The second kappa shape index (κ2) is 7.73. The van der Waals surface area contributed by atoms with Crippen LogP contribution in [0.15, 0.2) is 70.1 Å². The highest BCUT2D eigenvalue weighted by molar-refractivity contribution is 6.30. The Labute approximate surface area is 170 Å². The van der Waals surface area contributed by atoms with Crippen LogP contribution in [-0.2, 0) is 6.42 Å². The number of nitro groups is 1. The lowest BCUT2D eigenvalue weighted by Gasteiger charge is -2.08. The standard InChI is InChI=1S/C21H14ClN3O4/c22-15-3-1-13(2-4-15)9-21-24-18-11-16(5-8-20(18)29-21)23-12-14-10-17(25(27)28)6-7-19(14)26/h1-8,10-12,26H,9H2/p-1. The highest BCUT2D eigenvalue weighted by Crippen LogP contribution is 2.25. The number of aromatic nitrogens is 1. The summed E-state index contributed by atoms with van der Waals surface area (Å²) in [5, 5.41) is 23.4. The Kier molecular flexibility index (Phi) is 4.97. The predicted molar refractivity (Wildman–Crippen MR) is 108 cm³/mol. The summed E-state index contributed by atoms with van der Waals surface area (Å²) in [7, 11) is 0. The molecule has 0 unspecified atom stereocenters. The van der Waals surface area contributed by atoms with Crippen LogP contribution in [0.4, 0.5) is 11.4 Å². The van der Waals surface area contributed by atoms with Crippen LogP contribution in [0.2, 0.25) is 5.02 Å². The molecule has 3 aromatic carbocycles. The van der Waals surface area contributed by atoms with E-state index in [9.17, 15) is 15.2 Å². The van der Waals surface area contributed by atoms with Gasteiger partial charge >= 0.3 is 0 Å². The molecule has 29 heavy (non-hydrogen) atoms. The van der Waals surface area contributed by atoms with E-state index in [1.165, 1.54) is 18.3 Å². The molecule has 0 atom stereocenters. The second-order valence-electron chi connectivity index (χ2n) is 6.30. The van der Waals surface area contributed by atoms with Crippen molar-refractivity contribution < 1.29 is 14.4 Å². The first-order valence-corrected chi connectivity index (χ1v) is 8.99. The third-order valence-corrected chi connectivity index (χ3v) is 4.49. The molecule has 0 radical (unpaired) electrons. The number of nitrogens with zero attached hydrogens (tertiary/aromatic N) is 3. The molecule has 0 fully saturated rings. The Balaban J connectivity index is 1.57. The van der Waals surface area contributed by atoms with Gasteiger partial charge in [0.15, 0.2) is 11.5 Å². The van der Waals surface area contributed by atoms with Crippen molar-refractivity contribution in [3.05, 3.63) is 92.8 Å². The minimum atomic E-state index is -0.555. The zero-order valence-electron chi connectivity index (χ0n) is 14.9. The van der Waals surface area contributed by atoms with Gasteiger partial charge in [0.25, 0.3) is 5.69 Å². The molecule has 144 valence electrons. The van der Waals surface area contributed by atoms with E-state index in [-0.39, 0.29) is 17.0 Å². The average Bonchev–Trinajstić information content (AvgIpc) is 3.10. The van der Waals surface area contributed by atoms with Gasteiger partial charge in [-0.3, -0.25) is 15.1 Å². The van der Waals surface area contributed by atoms with Gasteiger partial charge in [-0.1, -0.05) is 35.5 Å². The minimum absolute atomic E-state index is 0.142. The number of hydrogen-bond acceptors (Lipinski definition) is 6. The molecule has 0 N–H and O–H groups in total. The van der Waals surface area contributed by atoms with Crippen molar-refractivity contribution in [1.82, 2.24) is 4.98 Å². The average molecular weight is 407 g/mol. The van der Waals surface area contributed by atoms with Crippen LogP contribution in [-0.4, -0.2) is 16.1 Å². The Morgan fingerprint density at radius 3 is 2.66 bits per heavy atom. The van der Waals surface area contributed by atoms with E-state index in [1.54, 1.807) is 18.2 Å². The van der Waals surface area contributed by atoms with Crippen LogP contribution in [0, 0.1) is 10.1 Å². The van der Waals surface area contributed by atoms with E-state index in [0.717, 1.165) is 11.6 Å². The van der Waals surface area contributed by atoms with Crippen LogP contribution in [0.25, 0.3) is 11.1 Å². The van der Waals surface area contributed by atoms with Crippen LogP contribution in [0.1, 0.15) is 17.0 Å². The minimum Gasteiger partial charge on any atom is -0.872 e. The summed E-state index contributed by atoms with van der Waals surface area (Å²) in [6, 6.07) is 16.2.